The van der Waals surface area contributed by atoms with E-state index < -0.39 is 10.0 Å². The molecule has 0 saturated heterocycles. The highest BCUT2D eigenvalue weighted by molar-refractivity contribution is 9.11. The fourth-order valence-electron chi connectivity index (χ4n) is 1.73. The molecule has 0 fully saturated rings. The summed E-state index contributed by atoms with van der Waals surface area (Å²) < 4.78 is 29.1. The van der Waals surface area contributed by atoms with Gasteiger partial charge >= 0.3 is 0 Å². The lowest BCUT2D eigenvalue weighted by Gasteiger charge is -2.18. The Kier molecular flexibility index (Phi) is 5.71. The molecule has 1 aromatic heterocycles. The smallest absolute Gasteiger partial charge is 0.207 e. The maximum absolute atomic E-state index is 12.7. The van der Waals surface area contributed by atoms with E-state index in [1.807, 2.05) is 18.4 Å². The van der Waals surface area contributed by atoms with Gasteiger partial charge in [-0.2, -0.15) is 4.31 Å². The molecular weight excluding hydrogens is 506 g/mol. The Balaban J connectivity index is 2.35. The van der Waals surface area contributed by atoms with Gasteiger partial charge in [-0.15, -0.1) is 11.3 Å². The van der Waals surface area contributed by atoms with Crippen molar-refractivity contribution in [3.63, 3.8) is 0 Å². The summed E-state index contributed by atoms with van der Waals surface area (Å²) in [6.07, 6.45) is 0. The lowest BCUT2D eigenvalue weighted by Crippen LogP contribution is -2.26. The average molecular weight is 518 g/mol. The minimum atomic E-state index is -3.55. The van der Waals surface area contributed by atoms with Crippen LogP contribution < -0.4 is 0 Å². The number of hydrogen-bond donors (Lipinski definition) is 0. The molecule has 21 heavy (non-hydrogen) atoms. The molecule has 0 atom stereocenters. The Morgan fingerprint density at radius 3 is 2.38 bits per heavy atom. The van der Waals surface area contributed by atoms with Crippen molar-refractivity contribution >= 4 is 69.1 Å². The summed E-state index contributed by atoms with van der Waals surface area (Å²) in [4.78, 5) is 1.24. The fourth-order valence-corrected chi connectivity index (χ4v) is 6.10. The number of thiophene rings is 1. The Morgan fingerprint density at radius 2 is 1.81 bits per heavy atom. The molecule has 3 nitrogen and oxygen atoms in total. The fraction of sp³-hybridized carbons (Fsp3) is 0.231. The van der Waals surface area contributed by atoms with E-state index in [9.17, 15) is 8.42 Å². The van der Waals surface area contributed by atoms with Gasteiger partial charge in [-0.25, -0.2) is 8.42 Å². The molecule has 0 saturated carbocycles. The number of halogens is 3. The van der Waals surface area contributed by atoms with Gasteiger partial charge in [0.1, 0.15) is 0 Å². The molecule has 0 spiro atoms. The van der Waals surface area contributed by atoms with Gasteiger partial charge in [0.15, 0.2) is 0 Å². The van der Waals surface area contributed by atoms with Crippen LogP contribution in [0.3, 0.4) is 0 Å². The van der Waals surface area contributed by atoms with Crippen LogP contribution in [0.25, 0.3) is 0 Å². The van der Waals surface area contributed by atoms with Crippen LogP contribution in [0.5, 0.6) is 0 Å². The minimum absolute atomic E-state index is 0.262. The minimum Gasteiger partial charge on any atom is -0.207 e. The number of benzene rings is 1. The number of nitrogens with zero attached hydrogens (tertiary/aromatic N) is 1. The van der Waals surface area contributed by atoms with Crippen molar-refractivity contribution in [1.82, 2.24) is 4.31 Å². The van der Waals surface area contributed by atoms with Crippen LogP contribution in [-0.2, 0) is 16.6 Å². The van der Waals surface area contributed by atoms with Crippen LogP contribution in [0.2, 0.25) is 0 Å². The Bertz CT molecular complexity index is 772. The molecule has 0 radical (unpaired) electrons. The van der Waals surface area contributed by atoms with E-state index in [0.29, 0.717) is 11.0 Å². The van der Waals surface area contributed by atoms with Crippen molar-refractivity contribution in [2.45, 2.75) is 18.4 Å². The van der Waals surface area contributed by atoms with Crippen LogP contribution in [0, 0.1) is 6.92 Å². The molecule has 0 amide bonds. The molecule has 0 unspecified atom stereocenters. The van der Waals surface area contributed by atoms with Gasteiger partial charge in [0.05, 0.1) is 4.90 Å². The van der Waals surface area contributed by atoms with E-state index in [4.69, 9.17) is 0 Å². The van der Waals surface area contributed by atoms with Gasteiger partial charge in [-0.05, 0) is 62.5 Å². The van der Waals surface area contributed by atoms with E-state index in [-0.39, 0.29) is 4.90 Å². The normalized spacial score (nSPS) is 12.1. The third-order valence-electron chi connectivity index (χ3n) is 2.90. The van der Waals surface area contributed by atoms with Crippen molar-refractivity contribution in [1.29, 1.82) is 0 Å². The van der Waals surface area contributed by atoms with E-state index in [2.05, 4.69) is 47.8 Å². The second-order valence-electron chi connectivity index (χ2n) is 4.52. The first-order valence-electron chi connectivity index (χ1n) is 5.86. The maximum Gasteiger partial charge on any atom is 0.244 e. The van der Waals surface area contributed by atoms with E-state index in [1.54, 1.807) is 19.2 Å². The van der Waals surface area contributed by atoms with Crippen molar-refractivity contribution in [3.05, 3.63) is 47.4 Å². The van der Waals surface area contributed by atoms with Crippen LogP contribution in [0.15, 0.2) is 41.9 Å². The maximum atomic E-state index is 12.7. The largest absolute Gasteiger partial charge is 0.244 e. The van der Waals surface area contributed by atoms with Gasteiger partial charge in [0, 0.05) is 37.3 Å². The van der Waals surface area contributed by atoms with Crippen molar-refractivity contribution in [2.24, 2.45) is 0 Å². The van der Waals surface area contributed by atoms with Crippen LogP contribution >= 0.6 is 59.1 Å². The standard InChI is InChI=1S/C13H12Br3NO2S2/c1-8-3-12(16)13(5-11(8)15)21(18,19)17(2)6-10-4-9(14)7-20-10/h3-5,7H,6H2,1-2H3. The first kappa shape index (κ1) is 17.6. The van der Waals surface area contributed by atoms with Crippen molar-refractivity contribution in [3.8, 4) is 0 Å². The second kappa shape index (κ2) is 6.80. The summed E-state index contributed by atoms with van der Waals surface area (Å²) in [5, 5.41) is 1.94. The SMILES string of the molecule is Cc1cc(Br)c(S(=O)(=O)N(C)Cc2cc(Br)cs2)cc1Br. The Morgan fingerprint density at radius 1 is 1.14 bits per heavy atom. The third-order valence-corrected chi connectivity index (χ3v) is 8.20. The molecule has 0 aliphatic rings. The van der Waals surface area contributed by atoms with Crippen LogP contribution in [0.4, 0.5) is 0 Å². The first-order valence-corrected chi connectivity index (χ1v) is 10.6. The van der Waals surface area contributed by atoms with E-state index in [0.717, 1.165) is 19.4 Å². The summed E-state index contributed by atoms with van der Waals surface area (Å²) in [7, 11) is -1.96. The monoisotopic (exact) mass is 515 g/mol. The molecule has 2 rings (SSSR count). The van der Waals surface area contributed by atoms with Crippen LogP contribution in [0.1, 0.15) is 10.4 Å². The Hall–Kier alpha value is 0.270. The summed E-state index contributed by atoms with van der Waals surface area (Å²) in [5.41, 5.74) is 0.977. The highest BCUT2D eigenvalue weighted by Crippen LogP contribution is 2.31. The predicted molar refractivity (Wildman–Crippen MR) is 97.3 cm³/mol. The third kappa shape index (κ3) is 3.97. The summed E-state index contributed by atoms with van der Waals surface area (Å²) >= 11 is 11.6. The quantitative estimate of drug-likeness (QED) is 0.561. The number of sulfonamides is 1. The van der Waals surface area contributed by atoms with Crippen molar-refractivity contribution in [2.75, 3.05) is 7.05 Å². The molecular formula is C13H12Br3NO2S2. The molecule has 0 aliphatic heterocycles. The van der Waals surface area contributed by atoms with Gasteiger partial charge in [0.2, 0.25) is 10.0 Å². The van der Waals surface area contributed by atoms with E-state index in [1.165, 1.54) is 15.6 Å². The molecule has 1 heterocycles. The topological polar surface area (TPSA) is 37.4 Å². The van der Waals surface area contributed by atoms with Gasteiger partial charge in [-0.3, -0.25) is 0 Å². The molecule has 114 valence electrons. The number of aryl methyl sites for hydroxylation is 1. The molecule has 0 aliphatic carbocycles. The highest BCUT2D eigenvalue weighted by atomic mass is 79.9. The number of rotatable bonds is 4. The summed E-state index contributed by atoms with van der Waals surface area (Å²) in [6, 6.07) is 5.36. The molecule has 0 N–H and O–H groups in total. The van der Waals surface area contributed by atoms with Gasteiger partial charge in [-0.1, -0.05) is 15.9 Å². The Labute approximate surface area is 153 Å². The number of hydrogen-bond acceptors (Lipinski definition) is 3. The van der Waals surface area contributed by atoms with Gasteiger partial charge < -0.3 is 0 Å². The average Bonchev–Trinajstić information content (AvgIpc) is 2.79. The summed E-state index contributed by atoms with van der Waals surface area (Å²) in [5.74, 6) is 0. The van der Waals surface area contributed by atoms with Gasteiger partial charge in [0.25, 0.3) is 0 Å². The molecule has 8 heteroatoms. The van der Waals surface area contributed by atoms with Crippen LogP contribution in [-0.4, -0.2) is 19.8 Å². The zero-order valence-corrected chi connectivity index (χ0v) is 17.6. The molecule has 2 aromatic rings. The molecule has 0 bridgehead atoms. The van der Waals surface area contributed by atoms with Crippen molar-refractivity contribution < 1.29 is 8.42 Å². The lowest BCUT2D eigenvalue weighted by molar-refractivity contribution is 0.469. The highest BCUT2D eigenvalue weighted by Gasteiger charge is 2.24. The zero-order chi connectivity index (χ0) is 15.8. The first-order chi connectivity index (χ1) is 9.71. The second-order valence-corrected chi connectivity index (χ2v) is 10.2. The molecule has 1 aromatic carbocycles. The lowest BCUT2D eigenvalue weighted by atomic mass is 10.2. The predicted octanol–water partition coefficient (Wildman–Crippen LogP) is 5.16. The van der Waals surface area contributed by atoms with E-state index >= 15 is 0 Å². The summed E-state index contributed by atoms with van der Waals surface area (Å²) in [6.45, 7) is 2.26. The zero-order valence-electron chi connectivity index (χ0n) is 11.2.